The van der Waals surface area contributed by atoms with Crippen LogP contribution in [0.3, 0.4) is 0 Å². The summed E-state index contributed by atoms with van der Waals surface area (Å²) in [6, 6.07) is 4.53. The Morgan fingerprint density at radius 1 is 1.22 bits per heavy atom. The third-order valence-electron chi connectivity index (χ3n) is 2.77. The fourth-order valence-corrected chi connectivity index (χ4v) is 2.43. The minimum absolute atomic E-state index is 0.0864. The van der Waals surface area contributed by atoms with E-state index in [0.717, 1.165) is 5.56 Å². The molecule has 3 N–H and O–H groups in total. The van der Waals surface area contributed by atoms with Gasteiger partial charge in [-0.1, -0.05) is 6.07 Å². The van der Waals surface area contributed by atoms with Gasteiger partial charge in [-0.15, -0.1) is 0 Å². The highest BCUT2D eigenvalue weighted by Gasteiger charge is 2.17. The van der Waals surface area contributed by atoms with Gasteiger partial charge in [0.25, 0.3) is 10.1 Å². The molecule has 1 aromatic heterocycles. The average molecular weight is 339 g/mol. The Hall–Kier alpha value is -2.46. The van der Waals surface area contributed by atoms with Crippen molar-refractivity contribution in [1.29, 1.82) is 0 Å². The monoisotopic (exact) mass is 339 g/mol. The second-order valence-corrected chi connectivity index (χ2v) is 5.94. The quantitative estimate of drug-likeness (QED) is 0.673. The maximum atomic E-state index is 11.5. The third kappa shape index (κ3) is 4.27. The summed E-state index contributed by atoms with van der Waals surface area (Å²) in [7, 11) is -2.76. The predicted molar refractivity (Wildman–Crippen MR) is 84.8 cm³/mol. The number of benzene rings is 1. The molecule has 0 unspecified atom stereocenters. The van der Waals surface area contributed by atoms with Gasteiger partial charge >= 0.3 is 6.01 Å². The van der Waals surface area contributed by atoms with Crippen molar-refractivity contribution < 1.29 is 17.7 Å². The fourth-order valence-electron chi connectivity index (χ4n) is 1.80. The van der Waals surface area contributed by atoms with Gasteiger partial charge in [0.1, 0.15) is 4.90 Å². The average Bonchev–Trinajstić information content (AvgIpc) is 2.46. The fraction of sp³-hybridized carbons (Fsp3) is 0.308. The summed E-state index contributed by atoms with van der Waals surface area (Å²) in [6.45, 7) is 3.94. The largest absolute Gasteiger partial charge is 0.464 e. The number of nitrogens with one attached hydrogen (secondary N) is 2. The van der Waals surface area contributed by atoms with E-state index in [0.29, 0.717) is 6.61 Å². The first-order valence-electron chi connectivity index (χ1n) is 6.75. The lowest BCUT2D eigenvalue weighted by Crippen LogP contribution is -2.09. The van der Waals surface area contributed by atoms with Gasteiger partial charge in [-0.2, -0.15) is 23.4 Å². The van der Waals surface area contributed by atoms with Gasteiger partial charge in [0, 0.05) is 7.05 Å². The molecule has 23 heavy (non-hydrogen) atoms. The zero-order chi connectivity index (χ0) is 17.0. The van der Waals surface area contributed by atoms with Crippen molar-refractivity contribution in [2.24, 2.45) is 0 Å². The molecule has 2 rings (SSSR count). The molecular weight excluding hydrogens is 322 g/mol. The number of hydrogen-bond donors (Lipinski definition) is 3. The van der Waals surface area contributed by atoms with Crippen molar-refractivity contribution in [2.75, 3.05) is 24.3 Å². The molecule has 124 valence electrons. The molecule has 0 spiro atoms. The minimum Gasteiger partial charge on any atom is -0.464 e. The summed E-state index contributed by atoms with van der Waals surface area (Å²) < 4.78 is 37.5. The number of ether oxygens (including phenoxy) is 1. The van der Waals surface area contributed by atoms with Crippen LogP contribution in [0, 0.1) is 6.92 Å². The van der Waals surface area contributed by atoms with Crippen LogP contribution in [-0.4, -0.2) is 41.6 Å². The lowest BCUT2D eigenvalue weighted by molar-refractivity contribution is 0.312. The van der Waals surface area contributed by atoms with Crippen LogP contribution in [0.4, 0.5) is 17.6 Å². The van der Waals surface area contributed by atoms with E-state index in [4.69, 9.17) is 4.74 Å². The summed E-state index contributed by atoms with van der Waals surface area (Å²) >= 11 is 0. The SMILES string of the molecule is CCOc1nc(NC)nc(Nc2cc(C)ccc2S(=O)(=O)O)n1. The summed E-state index contributed by atoms with van der Waals surface area (Å²) in [6.07, 6.45) is 0. The van der Waals surface area contributed by atoms with E-state index in [1.807, 2.05) is 0 Å². The molecule has 0 saturated heterocycles. The smallest absolute Gasteiger partial charge is 0.323 e. The molecule has 0 atom stereocenters. The Morgan fingerprint density at radius 3 is 2.52 bits per heavy atom. The van der Waals surface area contributed by atoms with E-state index in [-0.39, 0.29) is 28.5 Å². The summed E-state index contributed by atoms with van der Waals surface area (Å²) in [5, 5.41) is 5.53. The summed E-state index contributed by atoms with van der Waals surface area (Å²) in [5.41, 5.74) is 0.955. The van der Waals surface area contributed by atoms with Crippen LogP contribution in [0.2, 0.25) is 0 Å². The molecule has 0 amide bonds. The standard InChI is InChI=1S/C13H17N5O4S/c1-4-22-13-17-11(14-3)16-12(18-13)15-9-7-8(2)5-6-10(9)23(19,20)21/h5-7H,4H2,1-3H3,(H,19,20,21)(H2,14,15,16,17,18). The molecule has 9 nitrogen and oxygen atoms in total. The van der Waals surface area contributed by atoms with Crippen LogP contribution in [-0.2, 0) is 10.1 Å². The number of nitrogens with zero attached hydrogens (tertiary/aromatic N) is 3. The number of anilines is 3. The van der Waals surface area contributed by atoms with Crippen molar-refractivity contribution in [3.8, 4) is 6.01 Å². The van der Waals surface area contributed by atoms with Crippen molar-refractivity contribution in [2.45, 2.75) is 18.7 Å². The Bertz CT molecular complexity index is 810. The molecule has 0 aliphatic heterocycles. The van der Waals surface area contributed by atoms with Crippen LogP contribution in [0.5, 0.6) is 6.01 Å². The lowest BCUT2D eigenvalue weighted by Gasteiger charge is -2.11. The molecule has 0 fully saturated rings. The first-order valence-corrected chi connectivity index (χ1v) is 8.19. The molecule has 0 saturated carbocycles. The second-order valence-electron chi connectivity index (χ2n) is 4.55. The van der Waals surface area contributed by atoms with Gasteiger partial charge in [0.2, 0.25) is 11.9 Å². The van der Waals surface area contributed by atoms with Crippen LogP contribution < -0.4 is 15.4 Å². The zero-order valence-electron chi connectivity index (χ0n) is 12.9. The van der Waals surface area contributed by atoms with Crippen LogP contribution >= 0.6 is 0 Å². The van der Waals surface area contributed by atoms with E-state index in [1.54, 1.807) is 33.0 Å². The maximum Gasteiger partial charge on any atom is 0.323 e. The number of aryl methyl sites for hydroxylation is 1. The molecule has 0 bridgehead atoms. The van der Waals surface area contributed by atoms with E-state index in [1.165, 1.54) is 6.07 Å². The summed E-state index contributed by atoms with van der Waals surface area (Å²) in [4.78, 5) is 11.9. The van der Waals surface area contributed by atoms with Gasteiger partial charge in [0.05, 0.1) is 12.3 Å². The number of aromatic nitrogens is 3. The topological polar surface area (TPSA) is 126 Å². The van der Waals surface area contributed by atoms with E-state index in [9.17, 15) is 13.0 Å². The lowest BCUT2D eigenvalue weighted by atomic mass is 10.2. The molecular formula is C13H17N5O4S. The highest BCUT2D eigenvalue weighted by Crippen LogP contribution is 2.25. The van der Waals surface area contributed by atoms with Crippen molar-refractivity contribution in [1.82, 2.24) is 15.0 Å². The van der Waals surface area contributed by atoms with Crippen LogP contribution in [0.1, 0.15) is 12.5 Å². The van der Waals surface area contributed by atoms with E-state index >= 15 is 0 Å². The van der Waals surface area contributed by atoms with Crippen LogP contribution in [0.25, 0.3) is 0 Å². The first-order chi connectivity index (χ1) is 10.8. The molecule has 0 radical (unpaired) electrons. The van der Waals surface area contributed by atoms with Crippen molar-refractivity contribution in [3.05, 3.63) is 23.8 Å². The van der Waals surface area contributed by atoms with Crippen molar-refractivity contribution in [3.63, 3.8) is 0 Å². The molecule has 0 aliphatic carbocycles. The first kappa shape index (κ1) is 16.9. The van der Waals surface area contributed by atoms with E-state index < -0.39 is 10.1 Å². The number of rotatable bonds is 6. The molecule has 0 aliphatic rings. The molecule has 1 heterocycles. The Balaban J connectivity index is 2.46. The molecule has 10 heteroatoms. The van der Waals surface area contributed by atoms with Crippen LogP contribution in [0.15, 0.2) is 23.1 Å². The zero-order valence-corrected chi connectivity index (χ0v) is 13.7. The Morgan fingerprint density at radius 2 is 1.91 bits per heavy atom. The number of hydrogen-bond acceptors (Lipinski definition) is 8. The van der Waals surface area contributed by atoms with Gasteiger partial charge < -0.3 is 15.4 Å². The van der Waals surface area contributed by atoms with Gasteiger partial charge in [0.15, 0.2) is 0 Å². The Labute approximate surface area is 133 Å². The minimum atomic E-state index is -4.39. The van der Waals surface area contributed by atoms with Gasteiger partial charge in [-0.25, -0.2) is 0 Å². The van der Waals surface area contributed by atoms with Gasteiger partial charge in [-0.3, -0.25) is 4.55 Å². The summed E-state index contributed by atoms with van der Waals surface area (Å²) in [5.74, 6) is 0.343. The predicted octanol–water partition coefficient (Wildman–Crippen LogP) is 1.61. The normalized spacial score (nSPS) is 11.1. The molecule has 1 aromatic carbocycles. The second kappa shape index (κ2) is 6.75. The third-order valence-corrected chi connectivity index (χ3v) is 3.68. The highest BCUT2D eigenvalue weighted by molar-refractivity contribution is 7.86. The Kier molecular flexibility index (Phi) is 4.96. The van der Waals surface area contributed by atoms with E-state index in [2.05, 4.69) is 25.6 Å². The van der Waals surface area contributed by atoms with Gasteiger partial charge in [-0.05, 0) is 31.5 Å². The maximum absolute atomic E-state index is 11.5. The van der Waals surface area contributed by atoms with Crippen molar-refractivity contribution >= 4 is 27.7 Å². The highest BCUT2D eigenvalue weighted by atomic mass is 32.2. The molecule has 2 aromatic rings.